The van der Waals surface area contributed by atoms with Gasteiger partial charge in [0.15, 0.2) is 0 Å². The second-order valence-electron chi connectivity index (χ2n) is 2.61. The summed E-state index contributed by atoms with van der Waals surface area (Å²) in [5.41, 5.74) is 0. The summed E-state index contributed by atoms with van der Waals surface area (Å²) in [5.74, 6) is -10.4. The van der Waals surface area contributed by atoms with Crippen LogP contribution in [0.1, 0.15) is 6.92 Å². The topological polar surface area (TPSA) is 20.3 Å². The highest BCUT2D eigenvalue weighted by Gasteiger charge is 2.39. The third kappa shape index (κ3) is 6.94. The van der Waals surface area contributed by atoms with E-state index in [4.69, 9.17) is 0 Å². The van der Waals surface area contributed by atoms with E-state index in [1.807, 2.05) is 0 Å². The van der Waals surface area contributed by atoms with Crippen LogP contribution in [-0.2, 0) is 4.79 Å². The average Bonchev–Trinajstić information content (AvgIpc) is 1.78. The van der Waals surface area contributed by atoms with E-state index < -0.39 is 36.9 Å². The molecular weight excluding hydrogens is 248 g/mol. The molecule has 0 heterocycles. The minimum atomic E-state index is -4.65. The molecule has 0 fully saturated rings. The first-order valence-electron chi connectivity index (χ1n) is 3.40. The van der Waals surface area contributed by atoms with Crippen molar-refractivity contribution in [2.24, 2.45) is 0 Å². The van der Waals surface area contributed by atoms with Gasteiger partial charge >= 0.3 is 11.6 Å². The third-order valence-electron chi connectivity index (χ3n) is 1.19. The first-order chi connectivity index (χ1) is 6.01. The number of hydrogen-bond donors (Lipinski definition) is 0. The smallest absolute Gasteiger partial charge is 0.375 e. The Kier molecular flexibility index (Phi) is 4.18. The van der Waals surface area contributed by atoms with Gasteiger partial charge in [-0.1, -0.05) is 0 Å². The van der Waals surface area contributed by atoms with E-state index in [0.29, 0.717) is 0 Å². The van der Waals surface area contributed by atoms with Crippen LogP contribution >= 0.6 is 0 Å². The molecule has 0 rings (SSSR count). The molecule has 0 aliphatic rings. The highest BCUT2D eigenvalue weighted by atomic mass is 28.3. The molecule has 0 spiro atoms. The van der Waals surface area contributed by atoms with Crippen molar-refractivity contribution in [2.75, 3.05) is 0 Å². The van der Waals surface area contributed by atoms with Crippen molar-refractivity contribution in [1.29, 1.82) is 0 Å². The average molecular weight is 255 g/mol. The van der Waals surface area contributed by atoms with Gasteiger partial charge in [0.05, 0.1) is 0 Å². The molecule has 0 aliphatic carbocycles. The lowest BCUT2D eigenvalue weighted by Gasteiger charge is -2.22. The van der Waals surface area contributed by atoms with E-state index in [0.717, 1.165) is 6.92 Å². The first-order valence-corrected chi connectivity index (χ1v) is 6.08. The Hall–Kier alpha value is -0.516. The zero-order valence-corrected chi connectivity index (χ0v) is 9.87. The third-order valence-corrected chi connectivity index (χ3v) is 4.90. The molecule has 0 bridgehead atoms. The van der Waals surface area contributed by atoms with Crippen LogP contribution in [0.5, 0.6) is 0 Å². The molecule has 14 heavy (non-hydrogen) atoms. The van der Waals surface area contributed by atoms with Gasteiger partial charge in [0.25, 0.3) is 0 Å². The van der Waals surface area contributed by atoms with Gasteiger partial charge < -0.3 is 4.23 Å². The fraction of sp³-hybridized carbons (Fsp3) is 0.750. The summed E-state index contributed by atoms with van der Waals surface area (Å²) >= 11 is 0. The molecule has 10 heteroatoms. The lowest BCUT2D eigenvalue weighted by atomic mass is 10.8. The van der Waals surface area contributed by atoms with Crippen LogP contribution in [0.25, 0.3) is 0 Å². The zero-order chi connectivity index (χ0) is 11.6. The number of hydrogen-bond acceptors (Lipinski definition) is 1. The van der Waals surface area contributed by atoms with Crippen molar-refractivity contribution >= 4 is 25.3 Å². The van der Waals surface area contributed by atoms with Crippen molar-refractivity contribution in [2.45, 2.75) is 18.5 Å². The summed E-state index contributed by atoms with van der Waals surface area (Å²) in [6.07, 6.45) is 0. The Balaban J connectivity index is 4.40. The number of carbonyl (C=O) groups is 1. The summed E-state index contributed by atoms with van der Waals surface area (Å²) in [5, 5.41) is 0. The lowest BCUT2D eigenvalue weighted by molar-refractivity contribution is -0.124. The van der Waals surface area contributed by atoms with Crippen LogP contribution in [0.3, 0.4) is 0 Å². The maximum Gasteiger partial charge on any atom is 0.375 e. The second kappa shape index (κ2) is 4.34. The van der Waals surface area contributed by atoms with Crippen molar-refractivity contribution in [3.63, 3.8) is 0 Å². The number of halogens is 6. The number of alkyl halides is 6. The Labute approximate surface area is 80.1 Å². The number of carbonyl (C=O) groups excluding carboxylic acids is 1. The summed E-state index contributed by atoms with van der Waals surface area (Å²) in [6, 6.07) is 0. The molecular formula is C4H7F6NOSi2. The lowest BCUT2D eigenvalue weighted by Crippen LogP contribution is -2.48. The van der Waals surface area contributed by atoms with Crippen LogP contribution < -0.4 is 0 Å². The zero-order valence-electron chi connectivity index (χ0n) is 7.04. The normalized spacial score (nSPS) is 14.5. The molecule has 0 saturated carbocycles. The van der Waals surface area contributed by atoms with Gasteiger partial charge in [0.2, 0.25) is 25.3 Å². The van der Waals surface area contributed by atoms with Crippen molar-refractivity contribution in [1.82, 2.24) is 4.23 Å². The van der Waals surface area contributed by atoms with Gasteiger partial charge in [0.1, 0.15) is 0 Å². The minimum absolute atomic E-state index is 0.0278. The van der Waals surface area contributed by atoms with Crippen LogP contribution in [-0.4, -0.2) is 41.1 Å². The second-order valence-corrected chi connectivity index (χ2v) is 7.26. The van der Waals surface area contributed by atoms with Crippen molar-refractivity contribution in [3.05, 3.63) is 0 Å². The van der Waals surface area contributed by atoms with E-state index in [9.17, 15) is 31.1 Å². The van der Waals surface area contributed by atoms with Gasteiger partial charge in [-0.2, -0.15) is 26.3 Å². The van der Waals surface area contributed by atoms with Gasteiger partial charge in [0, 0.05) is 6.92 Å². The van der Waals surface area contributed by atoms with Gasteiger partial charge in [-0.25, -0.2) is 0 Å². The van der Waals surface area contributed by atoms with Crippen molar-refractivity contribution < 1.29 is 31.1 Å². The van der Waals surface area contributed by atoms with Gasteiger partial charge in [-0.05, 0) is 0 Å². The summed E-state index contributed by atoms with van der Waals surface area (Å²) < 4.78 is 70.6. The number of rotatable bonds is 2. The maximum absolute atomic E-state index is 11.8. The van der Waals surface area contributed by atoms with E-state index >= 15 is 0 Å². The molecule has 0 aliphatic heterocycles. The largest absolute Gasteiger partial charge is 0.390 e. The van der Waals surface area contributed by atoms with Gasteiger partial charge in [-0.15, -0.1) is 0 Å². The molecule has 0 aromatic rings. The molecule has 0 aromatic heterocycles. The predicted molar refractivity (Wildman–Crippen MR) is 41.7 cm³/mol. The predicted octanol–water partition coefficient (Wildman–Crippen LogP) is 0.0421. The van der Waals surface area contributed by atoms with Crippen LogP contribution in [0, 0.1) is 0 Å². The fourth-order valence-corrected chi connectivity index (χ4v) is 3.99. The van der Waals surface area contributed by atoms with Crippen LogP contribution in [0.15, 0.2) is 0 Å². The molecule has 0 unspecified atom stereocenters. The van der Waals surface area contributed by atoms with E-state index in [1.54, 1.807) is 0 Å². The number of amides is 1. The van der Waals surface area contributed by atoms with Crippen LogP contribution in [0.2, 0.25) is 0 Å². The summed E-state index contributed by atoms with van der Waals surface area (Å²) in [6.45, 7) is 0.720. The van der Waals surface area contributed by atoms with Crippen molar-refractivity contribution in [3.8, 4) is 0 Å². The highest BCUT2D eigenvalue weighted by molar-refractivity contribution is 6.57. The highest BCUT2D eigenvalue weighted by Crippen LogP contribution is 2.18. The quantitative estimate of drug-likeness (QED) is 0.504. The molecule has 0 N–H and O–H groups in total. The molecule has 0 atom stereocenters. The Morgan fingerprint density at radius 1 is 1.00 bits per heavy atom. The Bertz CT molecular complexity index is 197. The summed E-state index contributed by atoms with van der Waals surface area (Å²) in [7, 11) is -6.28. The minimum Gasteiger partial charge on any atom is -0.390 e. The molecule has 84 valence electrons. The van der Waals surface area contributed by atoms with Gasteiger partial charge in [-0.3, -0.25) is 4.79 Å². The molecule has 1 amide bonds. The fourth-order valence-electron chi connectivity index (χ4n) is 0.711. The molecule has 2 nitrogen and oxygen atoms in total. The van der Waals surface area contributed by atoms with E-state index in [1.165, 1.54) is 0 Å². The Morgan fingerprint density at radius 3 is 1.43 bits per heavy atom. The SMILES string of the molecule is CC(=O)N([SiH2]C(F)(F)F)[SiH2]C(F)(F)F. The van der Waals surface area contributed by atoms with E-state index in [-0.39, 0.29) is 4.23 Å². The molecule has 0 radical (unpaired) electrons. The molecule has 0 saturated heterocycles. The monoisotopic (exact) mass is 255 g/mol. The maximum atomic E-state index is 11.8. The van der Waals surface area contributed by atoms with Crippen LogP contribution in [0.4, 0.5) is 26.3 Å². The Morgan fingerprint density at radius 2 is 1.29 bits per heavy atom. The molecule has 0 aromatic carbocycles. The summed E-state index contributed by atoms with van der Waals surface area (Å²) in [4.78, 5) is 10.5. The number of nitrogens with zero attached hydrogens (tertiary/aromatic N) is 1. The van der Waals surface area contributed by atoms with E-state index in [2.05, 4.69) is 0 Å². The first kappa shape index (κ1) is 13.5. The standard InChI is InChI=1S/C4H7F6NOSi2/c1-2(12)11(13-3(5,6)7)14-4(8,9)10/h13-14H2,1H3.